The molecule has 0 atom stereocenters. The van der Waals surface area contributed by atoms with Crippen molar-refractivity contribution in [2.45, 2.75) is 147 Å². The topological polar surface area (TPSA) is 548 Å². The number of aliphatic hydroxyl groups is 2. The quantitative estimate of drug-likeness (QED) is 0.0355. The van der Waals surface area contributed by atoms with Gasteiger partial charge in [-0.25, -0.2) is 71.4 Å². The van der Waals surface area contributed by atoms with Crippen molar-refractivity contribution in [3.8, 4) is 0 Å². The van der Waals surface area contributed by atoms with Crippen LogP contribution in [0.25, 0.3) is 0 Å². The number of benzene rings is 2. The molecule has 12 N–H and O–H groups in total. The summed E-state index contributed by atoms with van der Waals surface area (Å²) in [6.45, 7) is 16.9. The van der Waals surface area contributed by atoms with Crippen molar-refractivity contribution in [2.75, 3.05) is 0 Å². The van der Waals surface area contributed by atoms with Crippen LogP contribution in [0, 0.1) is 17.8 Å². The molecule has 0 saturated heterocycles. The van der Waals surface area contributed by atoms with Crippen LogP contribution in [0.4, 0.5) is 5.69 Å². The molecule has 14 rings (SSSR count). The second-order valence-corrected chi connectivity index (χ2v) is 30.1. The Bertz CT molecular complexity index is 4820. The van der Waals surface area contributed by atoms with Gasteiger partial charge < -0.3 is 56.0 Å². The van der Waals surface area contributed by atoms with Gasteiger partial charge in [0.15, 0.2) is 17.1 Å². The van der Waals surface area contributed by atoms with E-state index in [1.807, 2.05) is 54.6 Å². The zero-order valence-electron chi connectivity index (χ0n) is 63.6. The van der Waals surface area contributed by atoms with Crippen LogP contribution in [-0.2, 0) is 43.6 Å². The number of carboxylic acids is 8. The highest BCUT2D eigenvalue weighted by molar-refractivity contribution is 7.90. The zero-order valence-corrected chi connectivity index (χ0v) is 65.2. The van der Waals surface area contributed by atoms with Gasteiger partial charge in [-0.1, -0.05) is 67.9 Å². The maximum absolute atomic E-state index is 11.9. The lowest BCUT2D eigenvalue weighted by molar-refractivity contribution is -0.129. The van der Waals surface area contributed by atoms with Crippen molar-refractivity contribution in [1.29, 1.82) is 0 Å². The number of aromatic nitrogens is 12. The number of amides is 1. The highest BCUT2D eigenvalue weighted by atomic mass is 32.2. The number of H-pyrrole nitrogens is 1. The van der Waals surface area contributed by atoms with Gasteiger partial charge in [0.1, 0.15) is 34.0 Å². The first-order valence-corrected chi connectivity index (χ1v) is 37.3. The SMILES string of the molecule is CC(=Nc1ccccc1)C(=O)O.CC(C)(C)n1ccc(C(=O)O)n1.CC(C)(O)c1cccc(C(C)(C)O)n1.CCCCn1ccc(C(=O)O)n1.O=C(NS(=O)(=O)c1ccccc1)c1ccccn1.O=C(O)c1cccc(C(=O)O)n1.O=C(O)c1ccn(C23CC4CC(CC(C4)C2)C3)n1.O=C(O)c1ncc[nH]1.O=C(O)c1nccs1. The Morgan fingerprint density at radius 3 is 1.42 bits per heavy atom. The van der Waals surface area contributed by atoms with Gasteiger partial charge in [-0.3, -0.25) is 28.8 Å². The number of imidazole rings is 1. The molecule has 10 aromatic rings. The van der Waals surface area contributed by atoms with Crippen LogP contribution in [0.5, 0.6) is 0 Å². The lowest BCUT2D eigenvalue weighted by Gasteiger charge is -2.56. The molecule has 114 heavy (non-hydrogen) atoms. The first-order chi connectivity index (χ1) is 53.5. The molecule has 0 spiro atoms. The van der Waals surface area contributed by atoms with E-state index in [0.29, 0.717) is 17.1 Å². The third-order valence-corrected chi connectivity index (χ3v) is 18.6. The number of aromatic carboxylic acids is 7. The van der Waals surface area contributed by atoms with E-state index >= 15 is 0 Å². The zero-order chi connectivity index (χ0) is 84.7. The summed E-state index contributed by atoms with van der Waals surface area (Å²) < 4.78 is 31.0. The Hall–Kier alpha value is -12.9. The number of aromatic amines is 1. The van der Waals surface area contributed by atoms with Crippen molar-refractivity contribution < 1.29 is 103 Å². The molecule has 0 aliphatic heterocycles. The molecule has 2 aromatic carbocycles. The normalized spacial score (nSPS) is 15.5. The Labute approximate surface area is 658 Å². The molecule has 0 radical (unpaired) electrons. The minimum atomic E-state index is -3.85. The molecule has 4 bridgehead atoms. The van der Waals surface area contributed by atoms with Crippen molar-refractivity contribution in [3.63, 3.8) is 0 Å². The lowest BCUT2D eigenvalue weighted by Crippen LogP contribution is -2.52. The van der Waals surface area contributed by atoms with Gasteiger partial charge in [-0.15, -0.1) is 11.3 Å². The van der Waals surface area contributed by atoms with Gasteiger partial charge in [0.25, 0.3) is 15.9 Å². The number of nitrogens with one attached hydrogen (secondary N) is 2. The summed E-state index contributed by atoms with van der Waals surface area (Å²) in [5.74, 6) is -6.53. The van der Waals surface area contributed by atoms with Crippen LogP contribution in [0.3, 0.4) is 0 Å². The molecule has 4 fully saturated rings. The summed E-state index contributed by atoms with van der Waals surface area (Å²) in [7, 11) is -3.85. The average Bonchev–Trinajstić information content (AvgIpc) is 1.65. The number of nitrogens with zero attached hydrogens (tertiary/aromatic N) is 12. The first-order valence-electron chi connectivity index (χ1n) is 35.0. The minimum absolute atomic E-state index is 0.0231. The van der Waals surface area contributed by atoms with Gasteiger partial charge >= 0.3 is 47.8 Å². The Balaban J connectivity index is 0.000000232. The molecule has 0 unspecified atom stereocenters. The third kappa shape index (κ3) is 30.1. The van der Waals surface area contributed by atoms with E-state index in [1.54, 1.807) is 122 Å². The molecular weight excluding hydrogens is 1520 g/mol. The molecule has 35 nitrogen and oxygen atoms in total. The first kappa shape index (κ1) is 91.7. The van der Waals surface area contributed by atoms with Gasteiger partial charge in [-0.2, -0.15) is 15.3 Å². The highest BCUT2D eigenvalue weighted by Gasteiger charge is 2.52. The number of sulfonamides is 1. The lowest BCUT2D eigenvalue weighted by atomic mass is 9.53. The van der Waals surface area contributed by atoms with E-state index in [-0.39, 0.29) is 66.7 Å². The third-order valence-electron chi connectivity index (χ3n) is 16.4. The van der Waals surface area contributed by atoms with Crippen LogP contribution in [0.2, 0.25) is 0 Å². The van der Waals surface area contributed by atoms with E-state index in [1.165, 1.54) is 119 Å². The highest BCUT2D eigenvalue weighted by Crippen LogP contribution is 2.58. The van der Waals surface area contributed by atoms with Crippen LogP contribution in [0.15, 0.2) is 192 Å². The number of pyridine rings is 3. The number of carbonyl (C=O) groups is 9. The number of aryl methyl sites for hydroxylation is 1. The number of hydrogen-bond acceptors (Lipinski definition) is 23. The van der Waals surface area contributed by atoms with E-state index in [9.17, 15) is 61.8 Å². The largest absolute Gasteiger partial charge is 0.477 e. The number of thiazole rings is 1. The van der Waals surface area contributed by atoms with Gasteiger partial charge in [-0.05, 0) is 197 Å². The van der Waals surface area contributed by atoms with E-state index in [2.05, 4.69) is 57.1 Å². The maximum Gasteiger partial charge on any atom is 0.371 e. The number of carboxylic acid groups (broad SMARTS) is 8. The van der Waals surface area contributed by atoms with Crippen molar-refractivity contribution in [2.24, 2.45) is 22.7 Å². The van der Waals surface area contributed by atoms with E-state index in [0.717, 1.165) is 48.5 Å². The summed E-state index contributed by atoms with van der Waals surface area (Å²) in [6.07, 6.45) is 20.9. The van der Waals surface area contributed by atoms with Crippen molar-refractivity contribution >= 4 is 86.4 Å². The fourth-order valence-corrected chi connectivity index (χ4v) is 12.8. The number of aliphatic carboxylic acids is 1. The molecule has 8 aromatic heterocycles. The molecule has 4 aliphatic carbocycles. The Morgan fingerprint density at radius 2 is 1.03 bits per heavy atom. The van der Waals surface area contributed by atoms with Crippen LogP contribution in [-0.4, -0.2) is 178 Å². The number of unbranched alkanes of at least 4 members (excludes halogenated alkanes) is 1. The molecule has 4 saturated carbocycles. The predicted octanol–water partition coefficient (Wildman–Crippen LogP) is 11.3. The standard InChI is InChI=1S/C14H18N2O2.C12H10N2O3S.C11H17NO2.C9H9NO2.2C8H12N2O2.C7H5NO4.C4H4N2O2.C4H3NO2S/c17-13(18)12-1-2-16(15-12)14-6-9-3-10(7-14)5-11(4-9)8-14;15-12(11-8-4-5-9-13-11)14-18(16,17)10-6-2-1-3-7-10;1-10(2,13)8-6-5-7-9(12-8)11(3,4)14;1-7(9(11)12)10-8-5-3-2-4-6-8;1-8(2,3)10-5-4-6(9-10)7(11)12;1-2-3-5-10-6-4-7(9-10)8(11)12;9-6(10)4-2-1-3-5(8-4)7(11)12;7-4(8)3-5-1-2-6-3;6-4(7)3-5-1-2-8-3/h1-2,9-11H,3-8H2,(H,17,18);1-9H,(H,14,15);5-7,13-14H,1-4H3;2-6H,1H3,(H,11,12);4-5H,1-3H3,(H,11,12);4,6H,2-3,5H2,1H3,(H,11,12);1-3H,(H,9,10)(H,11,12);1-2H,(H,5,6)(H,7,8);1-2H,(H,6,7). The van der Waals surface area contributed by atoms with Crippen LogP contribution in [0.1, 0.15) is 208 Å². The Kier molecular flexibility index (Phi) is 34.2. The van der Waals surface area contributed by atoms with Gasteiger partial charge in [0.05, 0.1) is 33.0 Å². The molecule has 1 amide bonds. The smallest absolute Gasteiger partial charge is 0.371 e. The maximum atomic E-state index is 11.9. The summed E-state index contributed by atoms with van der Waals surface area (Å²) in [4.78, 5) is 119. The van der Waals surface area contributed by atoms with Crippen LogP contribution >= 0.6 is 11.3 Å². The fraction of sp³-hybridized carbons (Fsp3) is 0.325. The molecule has 8 heterocycles. The number of para-hydroxylation sites is 1. The Morgan fingerprint density at radius 1 is 0.535 bits per heavy atom. The fourth-order valence-electron chi connectivity index (χ4n) is 11.4. The summed E-state index contributed by atoms with van der Waals surface area (Å²) in [5.41, 5.74) is -0.157. The summed E-state index contributed by atoms with van der Waals surface area (Å²) in [5, 5.41) is 101. The summed E-state index contributed by atoms with van der Waals surface area (Å²) >= 11 is 1.12. The molecular formula is C77H90N14O21S2. The average molecular weight is 1610 g/mol. The van der Waals surface area contributed by atoms with Gasteiger partial charge in [0.2, 0.25) is 10.8 Å². The van der Waals surface area contributed by atoms with Crippen molar-refractivity contribution in [1.82, 2.24) is 64.0 Å². The number of rotatable bonds is 18. The second-order valence-electron chi connectivity index (χ2n) is 27.6. The summed E-state index contributed by atoms with van der Waals surface area (Å²) in [6, 6.07) is 35.1. The number of aliphatic imine (C=N–C) groups is 1. The van der Waals surface area contributed by atoms with Gasteiger partial charge in [0, 0.05) is 55.3 Å². The van der Waals surface area contributed by atoms with Crippen molar-refractivity contribution in [3.05, 3.63) is 239 Å². The minimum Gasteiger partial charge on any atom is -0.477 e. The monoisotopic (exact) mass is 1610 g/mol. The van der Waals surface area contributed by atoms with Crippen LogP contribution < -0.4 is 4.72 Å². The number of carbonyl (C=O) groups excluding carboxylic acids is 1. The predicted molar refractivity (Wildman–Crippen MR) is 413 cm³/mol. The second kappa shape index (κ2) is 42.5. The molecule has 606 valence electrons. The number of hydrogen-bond donors (Lipinski definition) is 12. The molecule has 4 aliphatic rings. The molecule has 37 heteroatoms. The van der Waals surface area contributed by atoms with E-state index in [4.69, 9.17) is 40.9 Å². The van der Waals surface area contributed by atoms with E-state index < -0.39 is 74.9 Å².